The van der Waals surface area contributed by atoms with Crippen LogP contribution >= 0.6 is 23.8 Å². The highest BCUT2D eigenvalue weighted by Crippen LogP contribution is 2.37. The minimum absolute atomic E-state index is 0.0852. The van der Waals surface area contributed by atoms with Crippen LogP contribution in [0.4, 0.5) is 0 Å². The van der Waals surface area contributed by atoms with Gasteiger partial charge in [-0.3, -0.25) is 9.69 Å². The van der Waals surface area contributed by atoms with Crippen LogP contribution in [0, 0.1) is 0 Å². The van der Waals surface area contributed by atoms with E-state index in [9.17, 15) is 4.79 Å². The summed E-state index contributed by atoms with van der Waals surface area (Å²) in [5.41, 5.74) is 1.19. The van der Waals surface area contributed by atoms with Gasteiger partial charge in [-0.2, -0.15) is 0 Å². The molecule has 0 unspecified atom stereocenters. The van der Waals surface area contributed by atoms with Crippen molar-refractivity contribution in [3.8, 4) is 11.5 Å². The monoisotopic (exact) mass is 420 g/mol. The molecule has 0 spiro atoms. The van der Waals surface area contributed by atoms with Crippen LogP contribution in [0.5, 0.6) is 11.5 Å². The van der Waals surface area contributed by atoms with E-state index in [0.717, 1.165) is 31.2 Å². The summed E-state index contributed by atoms with van der Waals surface area (Å²) in [7, 11) is 0. The predicted octanol–water partition coefficient (Wildman–Crippen LogP) is 4.69. The third-order valence-corrected chi connectivity index (χ3v) is 5.42. The van der Waals surface area contributed by atoms with Gasteiger partial charge in [0.05, 0.1) is 11.6 Å². The van der Waals surface area contributed by atoms with Crippen LogP contribution in [-0.4, -0.2) is 35.2 Å². The Hall–Kier alpha value is -2.05. The average Bonchev–Trinajstić information content (AvgIpc) is 2.95. The maximum absolute atomic E-state index is 12.9. The molecule has 1 amide bonds. The largest absolute Gasteiger partial charge is 0.490 e. The molecule has 3 rings (SSSR count). The Kier molecular flexibility index (Phi) is 6.97. The zero-order valence-electron chi connectivity index (χ0n) is 16.0. The van der Waals surface area contributed by atoms with Gasteiger partial charge in [0.15, 0.2) is 16.6 Å². The van der Waals surface area contributed by atoms with Crippen molar-refractivity contribution < 1.29 is 14.3 Å². The molecule has 1 aromatic rings. The van der Waals surface area contributed by atoms with E-state index in [2.05, 4.69) is 11.9 Å². The predicted molar refractivity (Wildman–Crippen MR) is 116 cm³/mol. The summed E-state index contributed by atoms with van der Waals surface area (Å²) in [5, 5.41) is 3.95. The fourth-order valence-corrected chi connectivity index (χ4v) is 4.22. The summed E-state index contributed by atoms with van der Waals surface area (Å²) in [6, 6.07) is 3.74. The van der Waals surface area contributed by atoms with E-state index in [1.54, 1.807) is 23.1 Å². The van der Waals surface area contributed by atoms with Gasteiger partial charge in [-0.1, -0.05) is 43.5 Å². The van der Waals surface area contributed by atoms with Crippen LogP contribution in [0.2, 0.25) is 5.02 Å². The molecule has 1 aliphatic carbocycles. The highest BCUT2D eigenvalue weighted by Gasteiger charge is 2.36. The van der Waals surface area contributed by atoms with Gasteiger partial charge < -0.3 is 14.8 Å². The highest BCUT2D eigenvalue weighted by molar-refractivity contribution is 7.80. The Morgan fingerprint density at radius 3 is 2.75 bits per heavy atom. The number of nitrogens with zero attached hydrogens (tertiary/aromatic N) is 1. The van der Waals surface area contributed by atoms with E-state index in [4.69, 9.17) is 33.3 Å². The Morgan fingerprint density at radius 1 is 1.32 bits per heavy atom. The summed E-state index contributed by atoms with van der Waals surface area (Å²) in [6.45, 7) is 6.33. The maximum atomic E-state index is 12.9. The summed E-state index contributed by atoms with van der Waals surface area (Å²) in [6.07, 6.45) is 8.88. The first-order valence-electron chi connectivity index (χ1n) is 9.61. The fourth-order valence-electron chi connectivity index (χ4n) is 3.60. The summed E-state index contributed by atoms with van der Waals surface area (Å²) in [5.74, 6) is 0.912. The molecule has 1 saturated heterocycles. The number of nitrogens with one attached hydrogen (secondary N) is 1. The number of carbonyl (C=O) groups is 1. The molecule has 5 nitrogen and oxygen atoms in total. The van der Waals surface area contributed by atoms with Crippen LogP contribution in [0.25, 0.3) is 6.08 Å². The Balaban J connectivity index is 1.87. The van der Waals surface area contributed by atoms with E-state index in [0.29, 0.717) is 40.5 Å². The molecule has 150 valence electrons. The fraction of sp³-hybridized carbons (Fsp3) is 0.429. The molecule has 1 saturated carbocycles. The number of thiocarbonyl (C=S) groups is 1. The smallest absolute Gasteiger partial charge is 0.276 e. The molecular formula is C21H25ClN2O3S. The van der Waals surface area contributed by atoms with Crippen LogP contribution in [0.1, 0.15) is 44.6 Å². The van der Waals surface area contributed by atoms with Crippen molar-refractivity contribution in [2.24, 2.45) is 0 Å². The van der Waals surface area contributed by atoms with Crippen LogP contribution in [-0.2, 0) is 4.79 Å². The van der Waals surface area contributed by atoms with Crippen LogP contribution < -0.4 is 14.8 Å². The number of hydrogen-bond acceptors (Lipinski definition) is 4. The van der Waals surface area contributed by atoms with E-state index in [-0.39, 0.29) is 11.9 Å². The van der Waals surface area contributed by atoms with Crippen molar-refractivity contribution in [1.29, 1.82) is 0 Å². The van der Waals surface area contributed by atoms with Crippen molar-refractivity contribution in [3.63, 3.8) is 0 Å². The lowest BCUT2D eigenvalue weighted by molar-refractivity contribution is -0.124. The summed E-state index contributed by atoms with van der Waals surface area (Å²) >= 11 is 11.8. The third-order valence-electron chi connectivity index (χ3n) is 4.84. The molecule has 1 aliphatic heterocycles. The molecule has 0 aromatic heterocycles. The molecule has 1 heterocycles. The standard InChI is InChI=1S/C21H25ClN2O3S/c1-3-10-27-19-16(22)11-14(13-18(19)26-4-2)12-17-20(25)24(21(28)23-17)15-8-6-5-7-9-15/h3,11-13,15H,1,4-10H2,2H3,(H,23,28)/b17-12-. The number of carbonyl (C=O) groups excluding carboxylic acids is 1. The van der Waals surface area contributed by atoms with E-state index < -0.39 is 0 Å². The summed E-state index contributed by atoms with van der Waals surface area (Å²) in [4.78, 5) is 14.7. The molecule has 7 heteroatoms. The van der Waals surface area contributed by atoms with Gasteiger partial charge >= 0.3 is 0 Å². The zero-order chi connectivity index (χ0) is 20.1. The minimum Gasteiger partial charge on any atom is -0.490 e. The average molecular weight is 421 g/mol. The van der Waals surface area contributed by atoms with Gasteiger partial charge in [0, 0.05) is 6.04 Å². The Morgan fingerprint density at radius 2 is 2.07 bits per heavy atom. The molecule has 28 heavy (non-hydrogen) atoms. The minimum atomic E-state index is -0.0852. The highest BCUT2D eigenvalue weighted by atomic mass is 35.5. The number of amides is 1. The molecular weight excluding hydrogens is 396 g/mol. The van der Waals surface area contributed by atoms with Gasteiger partial charge in [-0.05, 0) is 55.8 Å². The molecule has 2 aliphatic rings. The number of benzene rings is 1. The number of ether oxygens (including phenoxy) is 2. The lowest BCUT2D eigenvalue weighted by Gasteiger charge is -2.29. The lowest BCUT2D eigenvalue weighted by atomic mass is 9.94. The SMILES string of the molecule is C=CCOc1c(Cl)cc(/C=C2\NC(=S)N(C3CCCCC3)C2=O)cc1OCC. The van der Waals surface area contributed by atoms with Gasteiger partial charge in [-0.15, -0.1) is 0 Å². The van der Waals surface area contributed by atoms with E-state index in [1.807, 2.05) is 13.0 Å². The number of rotatable bonds is 7. The van der Waals surface area contributed by atoms with Gasteiger partial charge in [0.2, 0.25) is 0 Å². The molecule has 0 radical (unpaired) electrons. The summed E-state index contributed by atoms with van der Waals surface area (Å²) < 4.78 is 11.3. The van der Waals surface area contributed by atoms with E-state index in [1.165, 1.54) is 6.42 Å². The molecule has 0 atom stereocenters. The third kappa shape index (κ3) is 4.50. The van der Waals surface area contributed by atoms with Crippen molar-refractivity contribution >= 4 is 40.9 Å². The Labute approximate surface area is 176 Å². The van der Waals surface area contributed by atoms with Gasteiger partial charge in [0.25, 0.3) is 5.91 Å². The lowest BCUT2D eigenvalue weighted by Crippen LogP contribution is -2.41. The molecule has 1 aromatic carbocycles. The first-order chi connectivity index (χ1) is 13.5. The van der Waals surface area contributed by atoms with E-state index >= 15 is 0 Å². The maximum Gasteiger partial charge on any atom is 0.276 e. The van der Waals surface area contributed by atoms with Gasteiger partial charge in [-0.25, -0.2) is 0 Å². The van der Waals surface area contributed by atoms with Crippen molar-refractivity contribution in [1.82, 2.24) is 10.2 Å². The van der Waals surface area contributed by atoms with Crippen molar-refractivity contribution in [3.05, 3.63) is 41.1 Å². The van der Waals surface area contributed by atoms with Crippen molar-refractivity contribution in [2.75, 3.05) is 13.2 Å². The van der Waals surface area contributed by atoms with Gasteiger partial charge in [0.1, 0.15) is 12.3 Å². The number of hydrogen-bond donors (Lipinski definition) is 1. The zero-order valence-corrected chi connectivity index (χ0v) is 17.6. The second-order valence-corrected chi connectivity index (χ2v) is 7.61. The molecule has 0 bridgehead atoms. The quantitative estimate of drug-likeness (QED) is 0.394. The normalized spacial score (nSPS) is 19.1. The topological polar surface area (TPSA) is 50.8 Å². The first kappa shape index (κ1) is 20.7. The Bertz CT molecular complexity index is 803. The molecule has 2 fully saturated rings. The van der Waals surface area contributed by atoms with Crippen LogP contribution in [0.3, 0.4) is 0 Å². The van der Waals surface area contributed by atoms with Crippen molar-refractivity contribution in [2.45, 2.75) is 45.1 Å². The second kappa shape index (κ2) is 9.43. The van der Waals surface area contributed by atoms with Crippen LogP contribution in [0.15, 0.2) is 30.5 Å². The second-order valence-electron chi connectivity index (χ2n) is 6.82. The molecule has 1 N–H and O–H groups in total. The first-order valence-corrected chi connectivity index (χ1v) is 10.4. The number of halogens is 1.